The lowest BCUT2D eigenvalue weighted by molar-refractivity contribution is -0.133. The maximum absolute atomic E-state index is 12.3. The first kappa shape index (κ1) is 22.9. The third-order valence-corrected chi connectivity index (χ3v) is 4.70. The molecule has 3 amide bonds. The number of carbonyl (C=O) groups is 3. The van der Waals surface area contributed by atoms with Crippen molar-refractivity contribution in [1.29, 1.82) is 0 Å². The zero-order valence-electron chi connectivity index (χ0n) is 17.6. The van der Waals surface area contributed by atoms with Crippen molar-refractivity contribution in [3.8, 4) is 5.75 Å². The molecule has 2 aromatic carbocycles. The van der Waals surface area contributed by atoms with Gasteiger partial charge in [0.15, 0.2) is 6.10 Å². The van der Waals surface area contributed by atoms with Gasteiger partial charge in [-0.2, -0.15) is 0 Å². The van der Waals surface area contributed by atoms with Crippen LogP contribution in [0.2, 0.25) is 0 Å². The minimum Gasteiger partial charge on any atom is -0.481 e. The van der Waals surface area contributed by atoms with Crippen molar-refractivity contribution in [2.24, 2.45) is 0 Å². The molecular formula is C23H29N3O4. The Morgan fingerprint density at radius 2 is 1.50 bits per heavy atom. The number of hydrogen-bond acceptors (Lipinski definition) is 4. The fourth-order valence-electron chi connectivity index (χ4n) is 2.73. The number of hydrazine groups is 1. The van der Waals surface area contributed by atoms with E-state index in [0.717, 1.165) is 12.0 Å². The molecule has 0 spiro atoms. The van der Waals surface area contributed by atoms with Crippen molar-refractivity contribution >= 4 is 23.4 Å². The summed E-state index contributed by atoms with van der Waals surface area (Å²) in [5.74, 6) is -0.257. The van der Waals surface area contributed by atoms with Crippen LogP contribution in [0.4, 0.5) is 5.69 Å². The van der Waals surface area contributed by atoms with Crippen LogP contribution >= 0.6 is 0 Å². The predicted molar refractivity (Wildman–Crippen MR) is 116 cm³/mol. The second kappa shape index (κ2) is 11.6. The lowest BCUT2D eigenvalue weighted by Crippen LogP contribution is -2.47. The molecule has 0 radical (unpaired) electrons. The minimum atomic E-state index is -0.795. The van der Waals surface area contributed by atoms with E-state index in [1.165, 1.54) is 0 Å². The number of rotatable bonds is 9. The summed E-state index contributed by atoms with van der Waals surface area (Å²) in [6.45, 7) is 5.80. The zero-order chi connectivity index (χ0) is 21.9. The molecule has 0 heterocycles. The summed E-state index contributed by atoms with van der Waals surface area (Å²) < 4.78 is 5.80. The first-order chi connectivity index (χ1) is 14.4. The standard InChI is InChI=1S/C23H29N3O4/c1-4-16(2)19-12-8-9-13-20(19)30-17(3)23(29)26-25-22(28)15-14-21(27)24-18-10-6-5-7-11-18/h5-13,16-17H,4,14-15H2,1-3H3,(H,24,27)(H,25,28)(H,26,29). The lowest BCUT2D eigenvalue weighted by atomic mass is 9.98. The summed E-state index contributed by atoms with van der Waals surface area (Å²) in [4.78, 5) is 36.1. The summed E-state index contributed by atoms with van der Waals surface area (Å²) in [7, 11) is 0. The van der Waals surface area contributed by atoms with E-state index in [4.69, 9.17) is 4.74 Å². The number of para-hydroxylation sites is 2. The second-order valence-electron chi connectivity index (χ2n) is 7.06. The molecule has 160 valence electrons. The van der Waals surface area contributed by atoms with Gasteiger partial charge in [0.05, 0.1) is 0 Å². The molecule has 0 aromatic heterocycles. The van der Waals surface area contributed by atoms with Gasteiger partial charge in [-0.3, -0.25) is 25.2 Å². The van der Waals surface area contributed by atoms with Gasteiger partial charge >= 0.3 is 0 Å². The molecule has 2 atom stereocenters. The van der Waals surface area contributed by atoms with Crippen molar-refractivity contribution in [3.05, 3.63) is 60.2 Å². The molecule has 0 saturated carbocycles. The van der Waals surface area contributed by atoms with E-state index >= 15 is 0 Å². The third kappa shape index (κ3) is 7.24. The number of hydrogen-bond donors (Lipinski definition) is 3. The quantitative estimate of drug-likeness (QED) is 0.550. The molecule has 30 heavy (non-hydrogen) atoms. The highest BCUT2D eigenvalue weighted by molar-refractivity contribution is 5.93. The molecule has 0 saturated heterocycles. The Morgan fingerprint density at radius 3 is 2.20 bits per heavy atom. The van der Waals surface area contributed by atoms with E-state index in [2.05, 4.69) is 30.0 Å². The number of ether oxygens (including phenoxy) is 1. The lowest BCUT2D eigenvalue weighted by Gasteiger charge is -2.19. The van der Waals surface area contributed by atoms with E-state index in [-0.39, 0.29) is 18.7 Å². The van der Waals surface area contributed by atoms with Gasteiger partial charge in [-0.25, -0.2) is 0 Å². The van der Waals surface area contributed by atoms with Gasteiger partial charge in [0.1, 0.15) is 5.75 Å². The van der Waals surface area contributed by atoms with Crippen LogP contribution in [0.3, 0.4) is 0 Å². The molecule has 7 heteroatoms. The molecule has 7 nitrogen and oxygen atoms in total. The summed E-state index contributed by atoms with van der Waals surface area (Å²) in [5.41, 5.74) is 6.36. The highest BCUT2D eigenvalue weighted by Crippen LogP contribution is 2.29. The van der Waals surface area contributed by atoms with E-state index in [9.17, 15) is 14.4 Å². The van der Waals surface area contributed by atoms with Crippen molar-refractivity contribution in [2.75, 3.05) is 5.32 Å². The molecule has 2 aromatic rings. The molecule has 0 aliphatic heterocycles. The minimum absolute atomic E-state index is 0.00489. The highest BCUT2D eigenvalue weighted by atomic mass is 16.5. The smallest absolute Gasteiger partial charge is 0.279 e. The average Bonchev–Trinajstić information content (AvgIpc) is 2.76. The van der Waals surface area contributed by atoms with Crippen LogP contribution in [0.15, 0.2) is 54.6 Å². The van der Waals surface area contributed by atoms with Gasteiger partial charge < -0.3 is 10.1 Å². The Hall–Kier alpha value is -3.35. The van der Waals surface area contributed by atoms with Crippen LogP contribution in [-0.4, -0.2) is 23.8 Å². The topological polar surface area (TPSA) is 96.5 Å². The molecule has 0 aliphatic carbocycles. The Kier molecular flexibility index (Phi) is 8.87. The van der Waals surface area contributed by atoms with Gasteiger partial charge in [-0.15, -0.1) is 0 Å². The van der Waals surface area contributed by atoms with Crippen molar-refractivity contribution in [3.63, 3.8) is 0 Å². The number of nitrogens with one attached hydrogen (secondary N) is 3. The Balaban J connectivity index is 1.75. The number of anilines is 1. The Bertz CT molecular complexity index is 855. The number of amides is 3. The maximum Gasteiger partial charge on any atom is 0.279 e. The fourth-order valence-corrected chi connectivity index (χ4v) is 2.73. The van der Waals surface area contributed by atoms with E-state index < -0.39 is 17.9 Å². The summed E-state index contributed by atoms with van der Waals surface area (Å²) in [6.07, 6.45) is 0.113. The molecule has 0 bridgehead atoms. The average molecular weight is 412 g/mol. The van der Waals surface area contributed by atoms with Gasteiger partial charge in [0, 0.05) is 18.5 Å². The van der Waals surface area contributed by atoms with E-state index in [1.807, 2.05) is 42.5 Å². The zero-order valence-corrected chi connectivity index (χ0v) is 17.6. The summed E-state index contributed by atoms with van der Waals surface area (Å²) >= 11 is 0. The van der Waals surface area contributed by atoms with Crippen LogP contribution < -0.4 is 20.9 Å². The van der Waals surface area contributed by atoms with Crippen molar-refractivity contribution in [1.82, 2.24) is 10.9 Å². The van der Waals surface area contributed by atoms with Gasteiger partial charge in [-0.05, 0) is 43.0 Å². The maximum atomic E-state index is 12.3. The van der Waals surface area contributed by atoms with Crippen LogP contribution in [0.1, 0.15) is 51.5 Å². The largest absolute Gasteiger partial charge is 0.481 e. The molecular weight excluding hydrogens is 382 g/mol. The van der Waals surface area contributed by atoms with Crippen LogP contribution in [0, 0.1) is 0 Å². The Labute approximate surface area is 177 Å². The van der Waals surface area contributed by atoms with Gasteiger partial charge in [0.25, 0.3) is 5.91 Å². The van der Waals surface area contributed by atoms with Crippen LogP contribution in [0.25, 0.3) is 0 Å². The molecule has 0 aliphatic rings. The first-order valence-corrected chi connectivity index (χ1v) is 10.1. The molecule has 0 fully saturated rings. The van der Waals surface area contributed by atoms with Gasteiger partial charge in [-0.1, -0.05) is 50.2 Å². The summed E-state index contributed by atoms with van der Waals surface area (Å²) in [6, 6.07) is 16.6. The highest BCUT2D eigenvalue weighted by Gasteiger charge is 2.18. The number of carbonyl (C=O) groups excluding carboxylic acids is 3. The SMILES string of the molecule is CCC(C)c1ccccc1OC(C)C(=O)NNC(=O)CCC(=O)Nc1ccccc1. The summed E-state index contributed by atoms with van der Waals surface area (Å²) in [5, 5.41) is 2.70. The van der Waals surface area contributed by atoms with Crippen molar-refractivity contribution in [2.45, 2.75) is 52.1 Å². The first-order valence-electron chi connectivity index (χ1n) is 10.1. The second-order valence-corrected chi connectivity index (χ2v) is 7.06. The van der Waals surface area contributed by atoms with Gasteiger partial charge in [0.2, 0.25) is 11.8 Å². The number of benzene rings is 2. The molecule has 2 unspecified atom stereocenters. The van der Waals surface area contributed by atoms with Crippen LogP contribution in [-0.2, 0) is 14.4 Å². The normalized spacial score (nSPS) is 12.4. The van der Waals surface area contributed by atoms with E-state index in [1.54, 1.807) is 19.1 Å². The Morgan fingerprint density at radius 1 is 0.867 bits per heavy atom. The van der Waals surface area contributed by atoms with Crippen LogP contribution in [0.5, 0.6) is 5.75 Å². The van der Waals surface area contributed by atoms with Crippen molar-refractivity contribution < 1.29 is 19.1 Å². The predicted octanol–water partition coefficient (Wildman–Crippen LogP) is 3.53. The monoisotopic (exact) mass is 411 g/mol. The molecule has 2 rings (SSSR count). The van der Waals surface area contributed by atoms with E-state index in [0.29, 0.717) is 17.4 Å². The molecule has 3 N–H and O–H groups in total. The third-order valence-electron chi connectivity index (χ3n) is 4.70. The fraction of sp³-hybridized carbons (Fsp3) is 0.348.